The van der Waals surface area contributed by atoms with Gasteiger partial charge in [-0.15, -0.1) is 11.3 Å². The molecule has 0 atom stereocenters. The molecule has 1 heterocycles. The average Bonchev–Trinajstić information content (AvgIpc) is 2.74. The minimum atomic E-state index is -3.56. The van der Waals surface area contributed by atoms with Crippen molar-refractivity contribution < 1.29 is 13.2 Å². The smallest absolute Gasteiger partial charge is 0.261 e. The fraction of sp³-hybridized carbons (Fsp3) is 0.0909. The molecular formula is C11H10BrNO3S2. The van der Waals surface area contributed by atoms with Crippen LogP contribution in [0.4, 0.5) is 5.69 Å². The number of rotatable bonds is 4. The van der Waals surface area contributed by atoms with Crippen LogP contribution in [0.15, 0.2) is 44.4 Å². The van der Waals surface area contributed by atoms with Gasteiger partial charge in [-0.05, 0) is 51.6 Å². The van der Waals surface area contributed by atoms with Crippen molar-refractivity contribution in [2.75, 3.05) is 11.8 Å². The molecule has 18 heavy (non-hydrogen) atoms. The molecule has 1 aromatic heterocycles. The third-order valence-corrected chi connectivity index (χ3v) is 5.30. The van der Waals surface area contributed by atoms with Crippen molar-refractivity contribution in [2.24, 2.45) is 0 Å². The second-order valence-corrected chi connectivity index (χ2v) is 7.31. The van der Waals surface area contributed by atoms with Gasteiger partial charge in [-0.25, -0.2) is 8.42 Å². The maximum atomic E-state index is 12.1. The SMILES string of the molecule is COc1ccc(S(=O)(=O)Nc2ccsc2Br)cc1. The van der Waals surface area contributed by atoms with Crippen LogP contribution in [0.2, 0.25) is 0 Å². The lowest BCUT2D eigenvalue weighted by Crippen LogP contribution is -2.12. The second kappa shape index (κ2) is 5.29. The lowest BCUT2D eigenvalue weighted by Gasteiger charge is -2.07. The molecule has 0 spiro atoms. The first-order valence-electron chi connectivity index (χ1n) is 4.93. The van der Waals surface area contributed by atoms with Gasteiger partial charge in [0.15, 0.2) is 0 Å². The number of hydrogen-bond donors (Lipinski definition) is 1. The Bertz CT molecular complexity index is 635. The van der Waals surface area contributed by atoms with Crippen LogP contribution in [0.25, 0.3) is 0 Å². The van der Waals surface area contributed by atoms with Gasteiger partial charge >= 0.3 is 0 Å². The van der Waals surface area contributed by atoms with Crippen LogP contribution in [-0.4, -0.2) is 15.5 Å². The Kier molecular flexibility index (Phi) is 3.94. The Balaban J connectivity index is 2.28. The topological polar surface area (TPSA) is 55.4 Å². The Labute approximate surface area is 118 Å². The van der Waals surface area contributed by atoms with Gasteiger partial charge in [-0.2, -0.15) is 0 Å². The third kappa shape index (κ3) is 2.85. The molecule has 7 heteroatoms. The Hall–Kier alpha value is -1.05. The van der Waals surface area contributed by atoms with E-state index in [-0.39, 0.29) is 4.90 Å². The maximum Gasteiger partial charge on any atom is 0.261 e. The first-order valence-corrected chi connectivity index (χ1v) is 8.08. The molecule has 0 fully saturated rings. The predicted octanol–water partition coefficient (Wildman–Crippen LogP) is 3.32. The summed E-state index contributed by atoms with van der Waals surface area (Å²) in [4.78, 5) is 0.196. The van der Waals surface area contributed by atoms with E-state index in [4.69, 9.17) is 4.74 Å². The number of methoxy groups -OCH3 is 1. The van der Waals surface area contributed by atoms with E-state index in [1.54, 1.807) is 23.6 Å². The average molecular weight is 348 g/mol. The number of thiophene rings is 1. The van der Waals surface area contributed by atoms with E-state index in [0.717, 1.165) is 3.79 Å². The molecule has 0 aliphatic rings. The molecule has 0 aliphatic carbocycles. The van der Waals surface area contributed by atoms with Crippen LogP contribution in [0.5, 0.6) is 5.75 Å². The van der Waals surface area contributed by atoms with Crippen molar-refractivity contribution in [3.05, 3.63) is 39.5 Å². The molecular weight excluding hydrogens is 338 g/mol. The van der Waals surface area contributed by atoms with Gasteiger partial charge < -0.3 is 4.74 Å². The molecule has 0 saturated heterocycles. The van der Waals surface area contributed by atoms with E-state index < -0.39 is 10.0 Å². The lowest BCUT2D eigenvalue weighted by molar-refractivity contribution is 0.414. The van der Waals surface area contributed by atoms with Crippen LogP contribution in [-0.2, 0) is 10.0 Å². The summed E-state index contributed by atoms with van der Waals surface area (Å²) in [7, 11) is -2.03. The highest BCUT2D eigenvalue weighted by molar-refractivity contribution is 9.11. The highest BCUT2D eigenvalue weighted by Crippen LogP contribution is 2.30. The summed E-state index contributed by atoms with van der Waals surface area (Å²) in [6, 6.07) is 7.92. The second-order valence-electron chi connectivity index (χ2n) is 3.39. The summed E-state index contributed by atoms with van der Waals surface area (Å²) >= 11 is 4.70. The van der Waals surface area contributed by atoms with E-state index in [2.05, 4.69) is 20.7 Å². The minimum Gasteiger partial charge on any atom is -0.497 e. The Morgan fingerprint density at radius 2 is 1.89 bits per heavy atom. The fourth-order valence-corrected chi connectivity index (χ4v) is 3.72. The largest absolute Gasteiger partial charge is 0.497 e. The van der Waals surface area contributed by atoms with Gasteiger partial charge in [0.2, 0.25) is 0 Å². The zero-order valence-corrected chi connectivity index (χ0v) is 12.6. The Morgan fingerprint density at radius 1 is 1.22 bits per heavy atom. The number of anilines is 1. The zero-order valence-electron chi connectivity index (χ0n) is 9.38. The molecule has 0 aliphatic heterocycles. The summed E-state index contributed by atoms with van der Waals surface area (Å²) in [5, 5.41) is 1.80. The standard InChI is InChI=1S/C11H10BrNO3S2/c1-16-8-2-4-9(5-3-8)18(14,15)13-10-6-7-17-11(10)12/h2-7,13H,1H3. The van der Waals surface area contributed by atoms with Crippen LogP contribution in [0.1, 0.15) is 0 Å². The minimum absolute atomic E-state index is 0.196. The normalized spacial score (nSPS) is 11.2. The Morgan fingerprint density at radius 3 is 2.39 bits per heavy atom. The lowest BCUT2D eigenvalue weighted by atomic mass is 10.3. The van der Waals surface area contributed by atoms with Crippen LogP contribution >= 0.6 is 27.3 Å². The monoisotopic (exact) mass is 347 g/mol. The molecule has 0 amide bonds. The van der Waals surface area contributed by atoms with Gasteiger partial charge in [-0.1, -0.05) is 0 Å². The summed E-state index contributed by atoms with van der Waals surface area (Å²) < 4.78 is 32.4. The molecule has 0 bridgehead atoms. The van der Waals surface area contributed by atoms with Crippen molar-refractivity contribution in [1.29, 1.82) is 0 Å². The number of hydrogen-bond acceptors (Lipinski definition) is 4. The molecule has 0 unspecified atom stereocenters. The highest BCUT2D eigenvalue weighted by atomic mass is 79.9. The molecule has 0 saturated carbocycles. The van der Waals surface area contributed by atoms with Gasteiger partial charge in [0.1, 0.15) is 5.75 Å². The van der Waals surface area contributed by atoms with Gasteiger partial charge in [0.25, 0.3) is 10.0 Å². The molecule has 4 nitrogen and oxygen atoms in total. The number of nitrogens with one attached hydrogen (secondary N) is 1. The van der Waals surface area contributed by atoms with Crippen LogP contribution in [0.3, 0.4) is 0 Å². The first-order chi connectivity index (χ1) is 8.53. The van der Waals surface area contributed by atoms with Crippen molar-refractivity contribution in [3.8, 4) is 5.75 Å². The van der Waals surface area contributed by atoms with E-state index in [0.29, 0.717) is 11.4 Å². The molecule has 2 rings (SSSR count). The van der Waals surface area contributed by atoms with Crippen molar-refractivity contribution >= 4 is 43.0 Å². The van der Waals surface area contributed by atoms with Crippen molar-refractivity contribution in [1.82, 2.24) is 0 Å². The first kappa shape index (κ1) is 13.4. The quantitative estimate of drug-likeness (QED) is 0.922. The predicted molar refractivity (Wildman–Crippen MR) is 75.8 cm³/mol. The van der Waals surface area contributed by atoms with E-state index in [9.17, 15) is 8.42 Å². The highest BCUT2D eigenvalue weighted by Gasteiger charge is 2.15. The van der Waals surface area contributed by atoms with Crippen LogP contribution < -0.4 is 9.46 Å². The van der Waals surface area contributed by atoms with E-state index >= 15 is 0 Å². The maximum absolute atomic E-state index is 12.1. The van der Waals surface area contributed by atoms with Gasteiger partial charge in [-0.3, -0.25) is 4.72 Å². The summed E-state index contributed by atoms with van der Waals surface area (Å²) in [6.45, 7) is 0. The molecule has 0 radical (unpaired) electrons. The third-order valence-electron chi connectivity index (χ3n) is 2.23. The van der Waals surface area contributed by atoms with E-state index in [1.165, 1.54) is 30.6 Å². The van der Waals surface area contributed by atoms with Crippen molar-refractivity contribution in [2.45, 2.75) is 4.90 Å². The molecule has 1 aromatic carbocycles. The van der Waals surface area contributed by atoms with E-state index in [1.807, 2.05) is 0 Å². The van der Waals surface area contributed by atoms with Crippen molar-refractivity contribution in [3.63, 3.8) is 0 Å². The summed E-state index contributed by atoms with van der Waals surface area (Å²) in [6.07, 6.45) is 0. The molecule has 1 N–H and O–H groups in total. The number of benzene rings is 1. The fourth-order valence-electron chi connectivity index (χ4n) is 1.32. The van der Waals surface area contributed by atoms with Crippen LogP contribution in [0, 0.1) is 0 Å². The molecule has 2 aromatic rings. The van der Waals surface area contributed by atoms with Gasteiger partial charge in [0, 0.05) is 0 Å². The number of ether oxygens (including phenoxy) is 1. The molecule has 96 valence electrons. The number of sulfonamides is 1. The summed E-state index contributed by atoms with van der Waals surface area (Å²) in [5.74, 6) is 0.616. The zero-order chi connectivity index (χ0) is 13.2. The summed E-state index contributed by atoms with van der Waals surface area (Å²) in [5.41, 5.74) is 0.538. The van der Waals surface area contributed by atoms with Gasteiger partial charge in [0.05, 0.1) is 21.5 Å². The number of halogens is 1.